The fraction of sp³-hybridized carbons (Fsp3) is 0. The zero-order valence-electron chi connectivity index (χ0n) is 7.69. The summed E-state index contributed by atoms with van der Waals surface area (Å²) in [4.78, 5) is 28.1. The molecule has 7 heteroatoms. The van der Waals surface area contributed by atoms with E-state index in [-0.39, 0.29) is 21.1 Å². The lowest BCUT2D eigenvalue weighted by atomic mass is 10.2. The molecule has 0 amide bonds. The van der Waals surface area contributed by atoms with E-state index >= 15 is 0 Å². The van der Waals surface area contributed by atoms with Crippen LogP contribution < -0.4 is 5.56 Å². The zero-order valence-corrected chi connectivity index (χ0v) is 9.28. The summed E-state index contributed by atoms with van der Waals surface area (Å²) < 4.78 is 0.190. The largest absolute Gasteiger partial charge is 0.507 e. The molecule has 0 fully saturated rings. The van der Waals surface area contributed by atoms with E-state index in [1.807, 2.05) is 0 Å². The third-order valence-electron chi connectivity index (χ3n) is 1.99. The van der Waals surface area contributed by atoms with Crippen LogP contribution in [0.3, 0.4) is 0 Å². The smallest absolute Gasteiger partial charge is 0.372 e. The van der Waals surface area contributed by atoms with Crippen LogP contribution in [0.15, 0.2) is 21.4 Å². The fourth-order valence-corrected chi connectivity index (χ4v) is 1.80. The van der Waals surface area contributed by atoms with Crippen molar-refractivity contribution in [1.82, 2.24) is 9.97 Å². The number of halogens is 1. The molecule has 0 saturated heterocycles. The molecule has 0 bridgehead atoms. The standard InChI is InChI=1S/C9H5BrN2O4/c10-6-4(13)2-1-3-5(6)8(14)12-7(11-3)9(15)16/h1-2,13H,(H,15,16)(H,11,12,14). The van der Waals surface area contributed by atoms with Crippen molar-refractivity contribution in [3.05, 3.63) is 32.8 Å². The van der Waals surface area contributed by atoms with Crippen LogP contribution in [0.2, 0.25) is 0 Å². The van der Waals surface area contributed by atoms with Crippen LogP contribution in [0.4, 0.5) is 0 Å². The highest BCUT2D eigenvalue weighted by Crippen LogP contribution is 2.28. The van der Waals surface area contributed by atoms with Crippen molar-refractivity contribution in [3.63, 3.8) is 0 Å². The summed E-state index contributed by atoms with van der Waals surface area (Å²) in [5.41, 5.74) is -0.420. The molecule has 1 heterocycles. The van der Waals surface area contributed by atoms with E-state index < -0.39 is 17.4 Å². The molecule has 0 radical (unpaired) electrons. The summed E-state index contributed by atoms with van der Waals surface area (Å²) in [6.45, 7) is 0. The van der Waals surface area contributed by atoms with Gasteiger partial charge in [-0.1, -0.05) is 0 Å². The Bertz CT molecular complexity index is 650. The molecule has 6 nitrogen and oxygen atoms in total. The van der Waals surface area contributed by atoms with E-state index in [1.54, 1.807) is 0 Å². The summed E-state index contributed by atoms with van der Waals surface area (Å²) in [6, 6.07) is 2.70. The number of H-pyrrole nitrogens is 1. The number of fused-ring (bicyclic) bond motifs is 1. The number of aromatic nitrogens is 2. The number of benzene rings is 1. The predicted octanol–water partition coefficient (Wildman–Crippen LogP) is 1.09. The van der Waals surface area contributed by atoms with Crippen molar-refractivity contribution in [2.45, 2.75) is 0 Å². The van der Waals surface area contributed by atoms with Gasteiger partial charge in [-0.3, -0.25) is 4.79 Å². The number of nitrogens with one attached hydrogen (secondary N) is 1. The average molecular weight is 285 g/mol. The number of carboxylic acids is 1. The molecule has 3 N–H and O–H groups in total. The molecule has 0 aliphatic carbocycles. The van der Waals surface area contributed by atoms with Gasteiger partial charge in [-0.2, -0.15) is 0 Å². The van der Waals surface area contributed by atoms with Gasteiger partial charge >= 0.3 is 5.97 Å². The van der Waals surface area contributed by atoms with Gasteiger partial charge in [0, 0.05) is 0 Å². The molecule has 16 heavy (non-hydrogen) atoms. The van der Waals surface area contributed by atoms with E-state index in [9.17, 15) is 14.7 Å². The fourth-order valence-electron chi connectivity index (χ4n) is 1.28. The second-order valence-electron chi connectivity index (χ2n) is 3.01. The van der Waals surface area contributed by atoms with Gasteiger partial charge in [-0.25, -0.2) is 9.78 Å². The van der Waals surface area contributed by atoms with Gasteiger partial charge in [0.05, 0.1) is 15.4 Å². The first-order valence-electron chi connectivity index (χ1n) is 4.15. The maximum absolute atomic E-state index is 11.6. The topological polar surface area (TPSA) is 103 Å². The minimum absolute atomic E-state index is 0.108. The van der Waals surface area contributed by atoms with Gasteiger partial charge in [0.25, 0.3) is 5.56 Å². The van der Waals surface area contributed by atoms with E-state index in [1.165, 1.54) is 12.1 Å². The Balaban J connectivity index is 2.92. The normalized spacial score (nSPS) is 10.6. The Morgan fingerprint density at radius 3 is 2.75 bits per heavy atom. The van der Waals surface area contributed by atoms with Gasteiger partial charge in [-0.05, 0) is 28.1 Å². The maximum Gasteiger partial charge on any atom is 0.372 e. The Morgan fingerprint density at radius 2 is 2.12 bits per heavy atom. The van der Waals surface area contributed by atoms with Crippen LogP contribution in [0.1, 0.15) is 10.6 Å². The van der Waals surface area contributed by atoms with Crippen molar-refractivity contribution < 1.29 is 15.0 Å². The number of phenols is 1. The molecule has 0 aliphatic rings. The minimum Gasteiger partial charge on any atom is -0.507 e. The monoisotopic (exact) mass is 284 g/mol. The van der Waals surface area contributed by atoms with Crippen molar-refractivity contribution in [2.24, 2.45) is 0 Å². The number of aromatic hydroxyl groups is 1. The minimum atomic E-state index is -1.32. The second kappa shape index (κ2) is 3.60. The first-order chi connectivity index (χ1) is 7.50. The van der Waals surface area contributed by atoms with E-state index in [4.69, 9.17) is 5.11 Å². The number of aromatic amines is 1. The molecule has 0 atom stereocenters. The highest BCUT2D eigenvalue weighted by Gasteiger charge is 2.13. The second-order valence-corrected chi connectivity index (χ2v) is 3.81. The Labute approximate surface area is 96.7 Å². The first kappa shape index (κ1) is 10.6. The summed E-state index contributed by atoms with van der Waals surface area (Å²) >= 11 is 3.04. The van der Waals surface area contributed by atoms with Crippen molar-refractivity contribution in [1.29, 1.82) is 0 Å². The van der Waals surface area contributed by atoms with Crippen LogP contribution >= 0.6 is 15.9 Å². The third-order valence-corrected chi connectivity index (χ3v) is 2.80. The lowest BCUT2D eigenvalue weighted by Crippen LogP contribution is -2.15. The number of nitrogens with zero attached hydrogens (tertiary/aromatic N) is 1. The lowest BCUT2D eigenvalue weighted by Gasteiger charge is -2.02. The highest BCUT2D eigenvalue weighted by atomic mass is 79.9. The molecule has 82 valence electrons. The Kier molecular flexibility index (Phi) is 2.39. The van der Waals surface area contributed by atoms with Gasteiger partial charge < -0.3 is 15.2 Å². The summed E-state index contributed by atoms with van der Waals surface area (Å²) in [5, 5.41) is 18.2. The van der Waals surface area contributed by atoms with Gasteiger partial charge in [-0.15, -0.1) is 0 Å². The number of carboxylic acid groups (broad SMARTS) is 1. The molecule has 2 rings (SSSR count). The number of rotatable bonds is 1. The highest BCUT2D eigenvalue weighted by molar-refractivity contribution is 9.10. The summed E-state index contributed by atoms with van der Waals surface area (Å²) in [5.74, 6) is -1.86. The van der Waals surface area contributed by atoms with Crippen LogP contribution in [0.5, 0.6) is 5.75 Å². The van der Waals surface area contributed by atoms with Gasteiger partial charge in [0.2, 0.25) is 5.82 Å². The molecular weight excluding hydrogens is 280 g/mol. The number of hydrogen-bond acceptors (Lipinski definition) is 4. The molecule has 0 aliphatic heterocycles. The van der Waals surface area contributed by atoms with Gasteiger partial charge in [0.15, 0.2) is 0 Å². The number of aromatic carboxylic acids is 1. The van der Waals surface area contributed by atoms with Crippen molar-refractivity contribution >= 4 is 32.8 Å². The zero-order chi connectivity index (χ0) is 11.9. The van der Waals surface area contributed by atoms with Crippen LogP contribution in [0, 0.1) is 0 Å². The molecule has 1 aromatic carbocycles. The van der Waals surface area contributed by atoms with E-state index in [0.29, 0.717) is 0 Å². The molecule has 0 unspecified atom stereocenters. The molecule has 2 aromatic rings. The average Bonchev–Trinajstić information content (AvgIpc) is 2.22. The lowest BCUT2D eigenvalue weighted by molar-refractivity contribution is 0.0683. The van der Waals surface area contributed by atoms with E-state index in [0.717, 1.165) is 0 Å². The van der Waals surface area contributed by atoms with Gasteiger partial charge in [0.1, 0.15) is 5.75 Å². The van der Waals surface area contributed by atoms with Crippen LogP contribution in [-0.4, -0.2) is 26.2 Å². The van der Waals surface area contributed by atoms with Crippen molar-refractivity contribution in [2.75, 3.05) is 0 Å². The summed E-state index contributed by atoms with van der Waals surface area (Å²) in [6.07, 6.45) is 0. The first-order valence-corrected chi connectivity index (χ1v) is 4.95. The predicted molar refractivity (Wildman–Crippen MR) is 58.7 cm³/mol. The maximum atomic E-state index is 11.6. The Hall–Kier alpha value is -1.89. The summed E-state index contributed by atoms with van der Waals surface area (Å²) in [7, 11) is 0. The van der Waals surface area contributed by atoms with E-state index in [2.05, 4.69) is 25.9 Å². The molecular formula is C9H5BrN2O4. The van der Waals surface area contributed by atoms with Crippen LogP contribution in [0.25, 0.3) is 10.9 Å². The number of phenolic OH excluding ortho intramolecular Hbond substituents is 1. The number of carbonyl (C=O) groups is 1. The molecule has 0 spiro atoms. The number of hydrogen-bond donors (Lipinski definition) is 3. The quantitative estimate of drug-likeness (QED) is 0.727. The van der Waals surface area contributed by atoms with Crippen molar-refractivity contribution in [3.8, 4) is 5.75 Å². The third kappa shape index (κ3) is 1.54. The molecule has 1 aromatic heterocycles. The SMILES string of the molecule is O=C(O)c1nc2ccc(O)c(Br)c2c(=O)[nH]1. The van der Waals surface area contributed by atoms with Crippen LogP contribution in [-0.2, 0) is 0 Å². The Morgan fingerprint density at radius 1 is 1.44 bits per heavy atom. The molecule has 0 saturated carbocycles.